The summed E-state index contributed by atoms with van der Waals surface area (Å²) in [4.78, 5) is 14.4. The molecule has 0 aliphatic heterocycles. The molecule has 0 saturated carbocycles. The lowest BCUT2D eigenvalue weighted by atomic mass is 10.1. The highest BCUT2D eigenvalue weighted by Crippen LogP contribution is 2.21. The Hall–Kier alpha value is -2.13. The normalized spacial score (nSPS) is 9.71. The van der Waals surface area contributed by atoms with E-state index in [-0.39, 0.29) is 18.1 Å². The summed E-state index contributed by atoms with van der Waals surface area (Å²) in [6.07, 6.45) is 0. The molecule has 0 saturated heterocycles. The van der Waals surface area contributed by atoms with Gasteiger partial charge >= 0.3 is 5.97 Å². The number of carbonyl (C=O) groups is 1. The van der Waals surface area contributed by atoms with Crippen molar-refractivity contribution in [2.45, 2.75) is 13.5 Å². The van der Waals surface area contributed by atoms with Crippen LogP contribution in [-0.2, 0) is 16.1 Å². The van der Waals surface area contributed by atoms with Crippen molar-refractivity contribution in [2.75, 3.05) is 13.7 Å². The molecule has 0 amide bonds. The van der Waals surface area contributed by atoms with Gasteiger partial charge in [-0.05, 0) is 13.0 Å². The number of hydrogen-bond donors (Lipinski definition) is 1. The molecule has 1 aromatic heterocycles. The minimum Gasteiger partial charge on any atom is -0.479 e. The smallest absolute Gasteiger partial charge is 0.341 e. The van der Waals surface area contributed by atoms with Crippen LogP contribution in [0.15, 0.2) is 6.07 Å². The number of nitriles is 1. The topological polar surface area (TPSA) is 92.4 Å². The number of carboxylic acid groups (broad SMARTS) is 1. The first-order valence-corrected chi connectivity index (χ1v) is 4.82. The average molecular weight is 236 g/mol. The second-order valence-electron chi connectivity index (χ2n) is 3.33. The summed E-state index contributed by atoms with van der Waals surface area (Å²) in [6.45, 7) is 1.45. The first-order chi connectivity index (χ1) is 8.08. The molecule has 0 spiro atoms. The van der Waals surface area contributed by atoms with Crippen molar-refractivity contribution < 1.29 is 19.4 Å². The van der Waals surface area contributed by atoms with E-state index >= 15 is 0 Å². The Bertz CT molecular complexity index is 465. The van der Waals surface area contributed by atoms with Crippen molar-refractivity contribution in [3.63, 3.8) is 0 Å². The monoisotopic (exact) mass is 236 g/mol. The zero-order valence-corrected chi connectivity index (χ0v) is 9.56. The molecule has 0 atom stereocenters. The Morgan fingerprint density at radius 2 is 2.35 bits per heavy atom. The van der Waals surface area contributed by atoms with Crippen LogP contribution in [0.5, 0.6) is 5.88 Å². The number of aromatic nitrogens is 1. The molecule has 6 heteroatoms. The van der Waals surface area contributed by atoms with E-state index in [2.05, 4.69) is 4.98 Å². The van der Waals surface area contributed by atoms with Gasteiger partial charge in [0.15, 0.2) is 6.61 Å². The lowest BCUT2D eigenvalue weighted by Crippen LogP contribution is -2.12. The summed E-state index contributed by atoms with van der Waals surface area (Å²) in [6, 6.07) is 3.64. The molecule has 0 radical (unpaired) electrons. The molecule has 1 heterocycles. The van der Waals surface area contributed by atoms with Crippen LogP contribution in [0.3, 0.4) is 0 Å². The number of aliphatic carboxylic acids is 1. The maximum absolute atomic E-state index is 10.4. The highest BCUT2D eigenvalue weighted by atomic mass is 16.5. The zero-order chi connectivity index (χ0) is 12.8. The third-order valence-corrected chi connectivity index (χ3v) is 1.94. The summed E-state index contributed by atoms with van der Waals surface area (Å²) in [5, 5.41) is 17.5. The fourth-order valence-corrected chi connectivity index (χ4v) is 1.33. The maximum atomic E-state index is 10.4. The van der Waals surface area contributed by atoms with Gasteiger partial charge in [0.25, 0.3) is 0 Å². The van der Waals surface area contributed by atoms with Crippen LogP contribution in [0.2, 0.25) is 0 Å². The number of pyridine rings is 1. The second kappa shape index (κ2) is 5.82. The Balaban J connectivity index is 3.10. The van der Waals surface area contributed by atoms with Crippen LogP contribution in [0.25, 0.3) is 0 Å². The lowest BCUT2D eigenvalue weighted by Gasteiger charge is -2.09. The molecule has 90 valence electrons. The van der Waals surface area contributed by atoms with E-state index in [1.54, 1.807) is 13.0 Å². The van der Waals surface area contributed by atoms with Crippen LogP contribution >= 0.6 is 0 Å². The number of aryl methyl sites for hydroxylation is 1. The number of rotatable bonds is 5. The number of nitrogens with zero attached hydrogens (tertiary/aromatic N) is 2. The molecule has 1 N–H and O–H groups in total. The standard InChI is InChI=1S/C11H12N2O4/c1-7-3-8(5-16-2)9(4-12)11(13-7)17-6-10(14)15/h3H,5-6H2,1-2H3,(H,14,15). The largest absolute Gasteiger partial charge is 0.479 e. The summed E-state index contributed by atoms with van der Waals surface area (Å²) in [5.41, 5.74) is 1.47. The van der Waals surface area contributed by atoms with Gasteiger partial charge in [-0.15, -0.1) is 0 Å². The van der Waals surface area contributed by atoms with E-state index in [9.17, 15) is 4.79 Å². The molecule has 6 nitrogen and oxygen atoms in total. The second-order valence-corrected chi connectivity index (χ2v) is 3.33. The molecule has 0 aliphatic rings. The van der Waals surface area contributed by atoms with Gasteiger partial charge in [0.05, 0.1) is 6.61 Å². The van der Waals surface area contributed by atoms with Crippen molar-refractivity contribution in [1.29, 1.82) is 5.26 Å². The third kappa shape index (κ3) is 3.43. The van der Waals surface area contributed by atoms with Gasteiger partial charge in [-0.1, -0.05) is 0 Å². The fraction of sp³-hybridized carbons (Fsp3) is 0.364. The SMILES string of the molecule is COCc1cc(C)nc(OCC(=O)O)c1C#N. The number of ether oxygens (including phenoxy) is 2. The van der Waals surface area contributed by atoms with Gasteiger partial charge in [0, 0.05) is 18.4 Å². The Morgan fingerprint density at radius 3 is 2.88 bits per heavy atom. The first kappa shape index (κ1) is 12.9. The van der Waals surface area contributed by atoms with E-state index in [0.29, 0.717) is 11.3 Å². The minimum atomic E-state index is -1.12. The van der Waals surface area contributed by atoms with Crippen LogP contribution in [0.1, 0.15) is 16.8 Å². The highest BCUT2D eigenvalue weighted by Gasteiger charge is 2.13. The number of methoxy groups -OCH3 is 1. The zero-order valence-electron chi connectivity index (χ0n) is 9.56. The average Bonchev–Trinajstić information content (AvgIpc) is 2.26. The molecular weight excluding hydrogens is 224 g/mol. The molecule has 1 aromatic rings. The number of carboxylic acids is 1. The molecule has 17 heavy (non-hydrogen) atoms. The van der Waals surface area contributed by atoms with Gasteiger partial charge in [-0.3, -0.25) is 0 Å². The minimum absolute atomic E-state index is 0.0296. The van der Waals surface area contributed by atoms with Gasteiger partial charge in [0.1, 0.15) is 11.6 Å². The predicted molar refractivity (Wildman–Crippen MR) is 57.5 cm³/mol. The first-order valence-electron chi connectivity index (χ1n) is 4.82. The van der Waals surface area contributed by atoms with Crippen molar-refractivity contribution in [3.05, 3.63) is 22.9 Å². The Labute approximate surface area is 98.4 Å². The van der Waals surface area contributed by atoms with E-state index < -0.39 is 12.6 Å². The van der Waals surface area contributed by atoms with E-state index in [4.69, 9.17) is 19.8 Å². The van der Waals surface area contributed by atoms with Crippen LogP contribution in [0, 0.1) is 18.3 Å². The van der Waals surface area contributed by atoms with Gasteiger partial charge < -0.3 is 14.6 Å². The summed E-state index contributed by atoms with van der Waals surface area (Å²) >= 11 is 0. The van der Waals surface area contributed by atoms with Crippen molar-refractivity contribution in [2.24, 2.45) is 0 Å². The van der Waals surface area contributed by atoms with Crippen molar-refractivity contribution in [1.82, 2.24) is 4.98 Å². The summed E-state index contributed by atoms with van der Waals surface area (Å²) < 4.78 is 9.92. The fourth-order valence-electron chi connectivity index (χ4n) is 1.33. The predicted octanol–water partition coefficient (Wildman–Crippen LogP) is 0.872. The molecule has 1 rings (SSSR count). The van der Waals surface area contributed by atoms with E-state index in [0.717, 1.165) is 0 Å². The Kier molecular flexibility index (Phi) is 4.43. The van der Waals surface area contributed by atoms with Crippen molar-refractivity contribution >= 4 is 5.97 Å². The van der Waals surface area contributed by atoms with Gasteiger partial charge in [-0.2, -0.15) is 5.26 Å². The molecule has 0 aromatic carbocycles. The molecular formula is C11H12N2O4. The van der Waals surface area contributed by atoms with Gasteiger partial charge in [-0.25, -0.2) is 9.78 Å². The molecule has 0 bridgehead atoms. The van der Waals surface area contributed by atoms with Gasteiger partial charge in [0.2, 0.25) is 5.88 Å². The Morgan fingerprint density at radius 1 is 1.65 bits per heavy atom. The summed E-state index contributed by atoms with van der Waals surface area (Å²) in [7, 11) is 1.51. The van der Waals surface area contributed by atoms with Crippen molar-refractivity contribution in [3.8, 4) is 11.9 Å². The quantitative estimate of drug-likeness (QED) is 0.815. The summed E-state index contributed by atoms with van der Waals surface area (Å²) in [5.74, 6) is -1.09. The van der Waals surface area contributed by atoms with Crippen LogP contribution in [-0.4, -0.2) is 29.8 Å². The third-order valence-electron chi connectivity index (χ3n) is 1.94. The molecule has 0 aliphatic carbocycles. The number of hydrogen-bond acceptors (Lipinski definition) is 5. The molecule has 0 unspecified atom stereocenters. The van der Waals surface area contributed by atoms with Crippen LogP contribution in [0.4, 0.5) is 0 Å². The van der Waals surface area contributed by atoms with E-state index in [1.165, 1.54) is 7.11 Å². The lowest BCUT2D eigenvalue weighted by molar-refractivity contribution is -0.139. The maximum Gasteiger partial charge on any atom is 0.341 e. The highest BCUT2D eigenvalue weighted by molar-refractivity contribution is 5.68. The van der Waals surface area contributed by atoms with E-state index in [1.807, 2.05) is 6.07 Å². The van der Waals surface area contributed by atoms with Crippen LogP contribution < -0.4 is 4.74 Å². The molecule has 0 fully saturated rings.